The third-order valence-electron chi connectivity index (χ3n) is 2.99. The topological polar surface area (TPSA) is 79.0 Å². The molecule has 2 aromatic carbocycles. The summed E-state index contributed by atoms with van der Waals surface area (Å²) in [5.74, 6) is -0.314. The zero-order chi connectivity index (χ0) is 15.2. The minimum Gasteiger partial charge on any atom is -0.294 e. The molecule has 0 saturated heterocycles. The van der Waals surface area contributed by atoms with Crippen molar-refractivity contribution in [3.8, 4) is 6.07 Å². The average molecular weight is 285 g/mol. The van der Waals surface area contributed by atoms with E-state index in [1.54, 1.807) is 24.3 Å². The van der Waals surface area contributed by atoms with Crippen molar-refractivity contribution in [3.05, 3.63) is 75.6 Å². The third-order valence-corrected chi connectivity index (χ3v) is 2.99. The van der Waals surface area contributed by atoms with Crippen LogP contribution in [0.25, 0.3) is 0 Å². The molecule has 2 aromatic rings. The van der Waals surface area contributed by atoms with Crippen molar-refractivity contribution in [1.29, 1.82) is 5.26 Å². The number of hydrogen-bond donors (Lipinski definition) is 1. The van der Waals surface area contributed by atoms with Gasteiger partial charge in [-0.2, -0.15) is 5.26 Å². The Morgan fingerprint density at radius 1 is 1.19 bits per heavy atom. The summed E-state index contributed by atoms with van der Waals surface area (Å²) in [6, 6.07) is 13.3. The molecule has 0 aromatic heterocycles. The lowest BCUT2D eigenvalue weighted by Gasteiger charge is -2.11. The molecular weight excluding hydrogens is 273 g/mol. The second-order valence-electron chi connectivity index (χ2n) is 4.42. The smallest absolute Gasteiger partial charge is 0.269 e. The number of rotatable bonds is 5. The Kier molecular flexibility index (Phi) is 4.59. The van der Waals surface area contributed by atoms with Crippen LogP contribution in [0.4, 0.5) is 10.1 Å². The molecule has 0 bridgehead atoms. The van der Waals surface area contributed by atoms with Crippen LogP contribution >= 0.6 is 0 Å². The molecule has 0 aliphatic carbocycles. The summed E-state index contributed by atoms with van der Waals surface area (Å²) in [4.78, 5) is 10.1. The molecule has 1 unspecified atom stereocenters. The standard InChI is InChI=1S/C15H12FN3O2/c16-13-5-1-11(2-6-13)10-18-15(9-17)12-3-7-14(8-4-12)19(20)21/h1-8,15,18H,10H2. The Hall–Kier alpha value is -2.78. The normalized spacial score (nSPS) is 11.6. The molecule has 6 heteroatoms. The van der Waals surface area contributed by atoms with Crippen LogP contribution in [0.5, 0.6) is 0 Å². The number of nitrogens with one attached hydrogen (secondary N) is 1. The highest BCUT2D eigenvalue weighted by molar-refractivity contribution is 5.36. The first-order valence-electron chi connectivity index (χ1n) is 6.22. The van der Waals surface area contributed by atoms with Crippen LogP contribution < -0.4 is 5.32 Å². The van der Waals surface area contributed by atoms with E-state index in [4.69, 9.17) is 0 Å². The van der Waals surface area contributed by atoms with E-state index in [-0.39, 0.29) is 11.5 Å². The summed E-state index contributed by atoms with van der Waals surface area (Å²) in [7, 11) is 0. The Morgan fingerprint density at radius 3 is 2.33 bits per heavy atom. The molecule has 1 N–H and O–H groups in total. The van der Waals surface area contributed by atoms with Gasteiger partial charge in [-0.15, -0.1) is 0 Å². The maximum absolute atomic E-state index is 12.8. The highest BCUT2D eigenvalue weighted by atomic mass is 19.1. The number of hydrogen-bond acceptors (Lipinski definition) is 4. The molecule has 0 aliphatic heterocycles. The van der Waals surface area contributed by atoms with E-state index >= 15 is 0 Å². The maximum Gasteiger partial charge on any atom is 0.269 e. The highest BCUT2D eigenvalue weighted by Gasteiger charge is 2.12. The molecule has 0 heterocycles. The summed E-state index contributed by atoms with van der Waals surface area (Å²) < 4.78 is 12.8. The molecule has 0 spiro atoms. The predicted octanol–water partition coefficient (Wildman–Crippen LogP) is 3.09. The number of benzene rings is 2. The van der Waals surface area contributed by atoms with E-state index in [1.807, 2.05) is 0 Å². The van der Waals surface area contributed by atoms with Gasteiger partial charge in [0.25, 0.3) is 5.69 Å². The molecule has 21 heavy (non-hydrogen) atoms. The molecule has 5 nitrogen and oxygen atoms in total. The van der Waals surface area contributed by atoms with Crippen molar-refractivity contribution in [2.24, 2.45) is 0 Å². The fourth-order valence-electron chi connectivity index (χ4n) is 1.85. The first kappa shape index (κ1) is 14.6. The molecule has 0 radical (unpaired) electrons. The molecule has 1 atom stereocenters. The van der Waals surface area contributed by atoms with Crippen LogP contribution in [-0.4, -0.2) is 4.92 Å². The van der Waals surface area contributed by atoms with E-state index in [0.29, 0.717) is 12.1 Å². The van der Waals surface area contributed by atoms with Gasteiger partial charge in [-0.05, 0) is 35.4 Å². The van der Waals surface area contributed by atoms with Crippen LogP contribution in [0.2, 0.25) is 0 Å². The Balaban J connectivity index is 2.04. The summed E-state index contributed by atoms with van der Waals surface area (Å²) in [6.07, 6.45) is 0. The van der Waals surface area contributed by atoms with Crippen molar-refractivity contribution in [1.82, 2.24) is 5.32 Å². The minimum absolute atomic E-state index is 0.0195. The first-order chi connectivity index (χ1) is 10.1. The van der Waals surface area contributed by atoms with Crippen molar-refractivity contribution >= 4 is 5.69 Å². The lowest BCUT2D eigenvalue weighted by molar-refractivity contribution is -0.384. The van der Waals surface area contributed by atoms with Gasteiger partial charge in [-0.3, -0.25) is 15.4 Å². The molecule has 106 valence electrons. The first-order valence-corrected chi connectivity index (χ1v) is 6.22. The number of nitriles is 1. The Morgan fingerprint density at radius 2 is 1.81 bits per heavy atom. The number of nitrogens with zero attached hydrogens (tertiary/aromatic N) is 2. The van der Waals surface area contributed by atoms with Crippen LogP contribution in [-0.2, 0) is 6.54 Å². The van der Waals surface area contributed by atoms with E-state index in [0.717, 1.165) is 5.56 Å². The predicted molar refractivity (Wildman–Crippen MR) is 74.7 cm³/mol. The zero-order valence-corrected chi connectivity index (χ0v) is 11.0. The Bertz CT molecular complexity index is 663. The SMILES string of the molecule is N#CC(NCc1ccc(F)cc1)c1ccc([N+](=O)[O-])cc1. The molecular formula is C15H12FN3O2. The number of nitro benzene ring substituents is 1. The molecule has 0 fully saturated rings. The lowest BCUT2D eigenvalue weighted by atomic mass is 10.1. The van der Waals surface area contributed by atoms with Gasteiger partial charge in [0.1, 0.15) is 11.9 Å². The van der Waals surface area contributed by atoms with E-state index in [9.17, 15) is 19.8 Å². The zero-order valence-electron chi connectivity index (χ0n) is 11.0. The van der Waals surface area contributed by atoms with Crippen LogP contribution in [0.3, 0.4) is 0 Å². The van der Waals surface area contributed by atoms with Gasteiger partial charge in [0.15, 0.2) is 0 Å². The van der Waals surface area contributed by atoms with E-state index in [1.165, 1.54) is 24.3 Å². The van der Waals surface area contributed by atoms with E-state index < -0.39 is 11.0 Å². The van der Waals surface area contributed by atoms with Crippen LogP contribution in [0.15, 0.2) is 48.5 Å². The number of nitro groups is 1. The molecule has 0 aliphatic rings. The largest absolute Gasteiger partial charge is 0.294 e. The van der Waals surface area contributed by atoms with Crippen molar-refractivity contribution in [3.63, 3.8) is 0 Å². The second kappa shape index (κ2) is 6.59. The second-order valence-corrected chi connectivity index (χ2v) is 4.42. The van der Waals surface area contributed by atoms with Gasteiger partial charge >= 0.3 is 0 Å². The highest BCUT2D eigenvalue weighted by Crippen LogP contribution is 2.18. The van der Waals surface area contributed by atoms with Gasteiger partial charge < -0.3 is 0 Å². The van der Waals surface area contributed by atoms with Crippen molar-refractivity contribution in [2.75, 3.05) is 0 Å². The third kappa shape index (κ3) is 3.84. The van der Waals surface area contributed by atoms with Crippen LogP contribution in [0, 0.1) is 27.3 Å². The monoisotopic (exact) mass is 285 g/mol. The minimum atomic E-state index is -0.587. The van der Waals surface area contributed by atoms with Crippen molar-refractivity contribution < 1.29 is 9.31 Å². The summed E-state index contributed by atoms with van der Waals surface area (Å²) in [6.45, 7) is 0.398. The fourth-order valence-corrected chi connectivity index (χ4v) is 1.85. The van der Waals surface area contributed by atoms with Gasteiger partial charge in [0.2, 0.25) is 0 Å². The molecule has 0 saturated carbocycles. The van der Waals surface area contributed by atoms with E-state index in [2.05, 4.69) is 11.4 Å². The van der Waals surface area contributed by atoms with Gasteiger partial charge in [0.05, 0.1) is 11.0 Å². The number of halogens is 1. The van der Waals surface area contributed by atoms with Gasteiger partial charge in [-0.25, -0.2) is 4.39 Å². The fraction of sp³-hybridized carbons (Fsp3) is 0.133. The summed E-state index contributed by atoms with van der Waals surface area (Å²) in [5.41, 5.74) is 1.47. The van der Waals surface area contributed by atoms with Gasteiger partial charge in [-0.1, -0.05) is 12.1 Å². The lowest BCUT2D eigenvalue weighted by Crippen LogP contribution is -2.19. The van der Waals surface area contributed by atoms with Gasteiger partial charge in [0, 0.05) is 18.7 Å². The Labute approximate surface area is 120 Å². The summed E-state index contributed by atoms with van der Waals surface area (Å²) >= 11 is 0. The maximum atomic E-state index is 12.8. The quantitative estimate of drug-likeness (QED) is 0.676. The molecule has 2 rings (SSSR count). The summed E-state index contributed by atoms with van der Waals surface area (Å²) in [5, 5.41) is 22.8. The number of non-ortho nitro benzene ring substituents is 1. The average Bonchev–Trinajstić information content (AvgIpc) is 2.50. The van der Waals surface area contributed by atoms with Crippen LogP contribution in [0.1, 0.15) is 17.2 Å². The van der Waals surface area contributed by atoms with Crippen molar-refractivity contribution in [2.45, 2.75) is 12.6 Å². The molecule has 0 amide bonds.